The van der Waals surface area contributed by atoms with Crippen molar-refractivity contribution in [2.24, 2.45) is 5.92 Å². The van der Waals surface area contributed by atoms with Gasteiger partial charge < -0.3 is 5.32 Å². The fourth-order valence-corrected chi connectivity index (χ4v) is 3.59. The van der Waals surface area contributed by atoms with Crippen LogP contribution in [0.1, 0.15) is 51.9 Å². The number of nitrogens with one attached hydrogen (secondary N) is 2. The zero-order valence-corrected chi connectivity index (χ0v) is 12.4. The van der Waals surface area contributed by atoms with Gasteiger partial charge in [0.05, 0.1) is 5.75 Å². The molecule has 1 heterocycles. The highest BCUT2D eigenvalue weighted by molar-refractivity contribution is 7.89. The van der Waals surface area contributed by atoms with Crippen LogP contribution in [-0.2, 0) is 10.0 Å². The zero-order valence-electron chi connectivity index (χ0n) is 11.6. The Balaban J connectivity index is 2.10. The minimum atomic E-state index is -3.04. The molecular formula is C13H28N2O2S. The van der Waals surface area contributed by atoms with Crippen molar-refractivity contribution in [3.05, 3.63) is 0 Å². The summed E-state index contributed by atoms with van der Waals surface area (Å²) in [5.41, 5.74) is 0. The molecule has 0 saturated carbocycles. The lowest BCUT2D eigenvalue weighted by atomic mass is 9.96. The van der Waals surface area contributed by atoms with Gasteiger partial charge in [0.25, 0.3) is 0 Å². The van der Waals surface area contributed by atoms with Gasteiger partial charge in [-0.25, -0.2) is 13.1 Å². The summed E-state index contributed by atoms with van der Waals surface area (Å²) in [6.07, 6.45) is 7.50. The molecule has 1 aliphatic rings. The van der Waals surface area contributed by atoms with Gasteiger partial charge in [-0.1, -0.05) is 26.2 Å². The predicted octanol–water partition coefficient (Wildman–Crippen LogP) is 1.88. The van der Waals surface area contributed by atoms with Crippen molar-refractivity contribution >= 4 is 10.0 Å². The maximum absolute atomic E-state index is 11.8. The fraction of sp³-hybridized carbons (Fsp3) is 1.00. The highest BCUT2D eigenvalue weighted by atomic mass is 32.2. The van der Waals surface area contributed by atoms with E-state index in [1.54, 1.807) is 0 Å². The highest BCUT2D eigenvalue weighted by Gasteiger charge is 2.17. The van der Waals surface area contributed by atoms with Crippen LogP contribution in [0.2, 0.25) is 0 Å². The molecule has 0 aromatic carbocycles. The van der Waals surface area contributed by atoms with E-state index in [-0.39, 0.29) is 0 Å². The van der Waals surface area contributed by atoms with Crippen molar-refractivity contribution in [2.75, 3.05) is 25.4 Å². The Hall–Kier alpha value is -0.130. The smallest absolute Gasteiger partial charge is 0.211 e. The van der Waals surface area contributed by atoms with Gasteiger partial charge in [-0.05, 0) is 44.7 Å². The SMILES string of the molecule is CCCCCCNS(=O)(=O)CCC1CCNCC1. The first-order valence-corrected chi connectivity index (χ1v) is 8.97. The van der Waals surface area contributed by atoms with E-state index in [0.29, 0.717) is 18.2 Å². The van der Waals surface area contributed by atoms with Gasteiger partial charge in [-0.15, -0.1) is 0 Å². The maximum Gasteiger partial charge on any atom is 0.211 e. The quantitative estimate of drug-likeness (QED) is 0.632. The van der Waals surface area contributed by atoms with Crippen molar-refractivity contribution in [3.63, 3.8) is 0 Å². The lowest BCUT2D eigenvalue weighted by molar-refractivity contribution is 0.365. The van der Waals surface area contributed by atoms with Crippen LogP contribution in [-0.4, -0.2) is 33.8 Å². The zero-order chi connectivity index (χ0) is 13.3. The second-order valence-corrected chi connectivity index (χ2v) is 7.18. The van der Waals surface area contributed by atoms with Crippen LogP contribution in [0.4, 0.5) is 0 Å². The summed E-state index contributed by atoms with van der Waals surface area (Å²) < 4.78 is 26.3. The minimum absolute atomic E-state index is 0.297. The molecule has 108 valence electrons. The fourth-order valence-electron chi connectivity index (χ4n) is 2.34. The summed E-state index contributed by atoms with van der Waals surface area (Å²) in [5.74, 6) is 0.883. The number of unbranched alkanes of at least 4 members (excludes halogenated alkanes) is 3. The third-order valence-electron chi connectivity index (χ3n) is 3.61. The Morgan fingerprint density at radius 3 is 2.56 bits per heavy atom. The Morgan fingerprint density at radius 1 is 1.17 bits per heavy atom. The van der Waals surface area contributed by atoms with E-state index in [4.69, 9.17) is 0 Å². The molecule has 1 rings (SSSR count). The molecule has 0 bridgehead atoms. The Bertz CT molecular complexity index is 298. The van der Waals surface area contributed by atoms with Gasteiger partial charge in [0, 0.05) is 6.54 Å². The summed E-state index contributed by atoms with van der Waals surface area (Å²) in [4.78, 5) is 0. The van der Waals surface area contributed by atoms with E-state index in [1.807, 2.05) is 0 Å². The molecule has 18 heavy (non-hydrogen) atoms. The maximum atomic E-state index is 11.8. The molecule has 4 nitrogen and oxygen atoms in total. The van der Waals surface area contributed by atoms with Crippen molar-refractivity contribution in [3.8, 4) is 0 Å². The van der Waals surface area contributed by atoms with Crippen LogP contribution in [0, 0.1) is 5.92 Å². The second kappa shape index (κ2) is 8.88. The van der Waals surface area contributed by atoms with E-state index in [9.17, 15) is 8.42 Å². The molecule has 0 radical (unpaired) electrons. The lowest BCUT2D eigenvalue weighted by Crippen LogP contribution is -2.31. The summed E-state index contributed by atoms with van der Waals surface area (Å²) in [6.45, 7) is 4.84. The van der Waals surface area contributed by atoms with E-state index < -0.39 is 10.0 Å². The third-order valence-corrected chi connectivity index (χ3v) is 5.02. The normalized spacial score (nSPS) is 18.1. The van der Waals surface area contributed by atoms with E-state index in [2.05, 4.69) is 17.0 Å². The summed E-state index contributed by atoms with van der Waals surface area (Å²) in [7, 11) is -3.04. The molecule has 1 aliphatic heterocycles. The van der Waals surface area contributed by atoms with Gasteiger partial charge in [0.2, 0.25) is 10.0 Å². The molecule has 0 aliphatic carbocycles. The van der Waals surface area contributed by atoms with Crippen LogP contribution in [0.3, 0.4) is 0 Å². The topological polar surface area (TPSA) is 58.2 Å². The molecule has 1 fully saturated rings. The largest absolute Gasteiger partial charge is 0.317 e. The second-order valence-electron chi connectivity index (χ2n) is 5.26. The molecule has 0 atom stereocenters. The van der Waals surface area contributed by atoms with Crippen LogP contribution >= 0.6 is 0 Å². The average Bonchev–Trinajstić information content (AvgIpc) is 2.38. The summed E-state index contributed by atoms with van der Waals surface area (Å²) >= 11 is 0. The van der Waals surface area contributed by atoms with E-state index in [1.165, 1.54) is 12.8 Å². The van der Waals surface area contributed by atoms with Crippen molar-refractivity contribution in [2.45, 2.75) is 51.9 Å². The van der Waals surface area contributed by atoms with Gasteiger partial charge in [-0.3, -0.25) is 0 Å². The number of sulfonamides is 1. The van der Waals surface area contributed by atoms with E-state index >= 15 is 0 Å². The van der Waals surface area contributed by atoms with Crippen molar-refractivity contribution in [1.82, 2.24) is 10.0 Å². The van der Waals surface area contributed by atoms with E-state index in [0.717, 1.165) is 45.2 Å². The third kappa shape index (κ3) is 7.34. The Morgan fingerprint density at radius 2 is 1.89 bits per heavy atom. The monoisotopic (exact) mass is 276 g/mol. The highest BCUT2D eigenvalue weighted by Crippen LogP contribution is 2.16. The predicted molar refractivity (Wildman–Crippen MR) is 76.1 cm³/mol. The standard InChI is InChI=1S/C13H28N2O2S/c1-2-3-4-5-9-15-18(16,17)12-8-13-6-10-14-11-7-13/h13-15H,2-12H2,1H3. The molecule has 2 N–H and O–H groups in total. The van der Waals surface area contributed by atoms with Crippen molar-refractivity contribution in [1.29, 1.82) is 0 Å². The number of rotatable bonds is 9. The van der Waals surface area contributed by atoms with Gasteiger partial charge in [-0.2, -0.15) is 0 Å². The molecular weight excluding hydrogens is 248 g/mol. The van der Waals surface area contributed by atoms with Crippen LogP contribution in [0.5, 0.6) is 0 Å². The first-order valence-electron chi connectivity index (χ1n) is 7.32. The summed E-state index contributed by atoms with van der Waals surface area (Å²) in [6, 6.07) is 0. The minimum Gasteiger partial charge on any atom is -0.317 e. The molecule has 0 aromatic heterocycles. The Kier molecular flexibility index (Phi) is 7.86. The molecule has 0 spiro atoms. The Labute approximate surface area is 112 Å². The molecule has 5 heteroatoms. The van der Waals surface area contributed by atoms with Crippen LogP contribution in [0.25, 0.3) is 0 Å². The van der Waals surface area contributed by atoms with Crippen LogP contribution in [0.15, 0.2) is 0 Å². The van der Waals surface area contributed by atoms with Gasteiger partial charge >= 0.3 is 0 Å². The van der Waals surface area contributed by atoms with Crippen LogP contribution < -0.4 is 10.0 Å². The number of hydrogen-bond donors (Lipinski definition) is 2. The first-order chi connectivity index (χ1) is 8.64. The molecule has 1 saturated heterocycles. The van der Waals surface area contributed by atoms with Gasteiger partial charge in [0.15, 0.2) is 0 Å². The molecule has 0 amide bonds. The average molecular weight is 276 g/mol. The molecule has 0 aromatic rings. The van der Waals surface area contributed by atoms with Gasteiger partial charge in [0.1, 0.15) is 0 Å². The number of hydrogen-bond acceptors (Lipinski definition) is 3. The van der Waals surface area contributed by atoms with Crippen molar-refractivity contribution < 1.29 is 8.42 Å². The lowest BCUT2D eigenvalue weighted by Gasteiger charge is -2.22. The number of piperidine rings is 1. The molecule has 0 unspecified atom stereocenters. The first kappa shape index (κ1) is 15.9. The summed E-state index contributed by atoms with van der Waals surface area (Å²) in [5, 5.41) is 3.30.